The molecule has 1 heterocycles. The third-order valence-corrected chi connectivity index (χ3v) is 2.71. The van der Waals surface area contributed by atoms with Crippen LogP contribution in [0.2, 0.25) is 0 Å². The highest BCUT2D eigenvalue weighted by atomic mass is 35.6. The van der Waals surface area contributed by atoms with E-state index < -0.39 is 16.1 Å². The first-order valence-electron chi connectivity index (χ1n) is 5.33. The van der Waals surface area contributed by atoms with Crippen molar-refractivity contribution in [3.63, 3.8) is 0 Å². The molecule has 1 aliphatic heterocycles. The fourth-order valence-electron chi connectivity index (χ4n) is 1.64. The van der Waals surface area contributed by atoms with E-state index in [0.29, 0.717) is 11.4 Å². The van der Waals surface area contributed by atoms with Crippen molar-refractivity contribution in [2.75, 3.05) is 11.5 Å². The summed E-state index contributed by atoms with van der Waals surface area (Å²) in [4.78, 5) is 13.3. The van der Waals surface area contributed by atoms with Crippen LogP contribution < -0.4 is 9.64 Å². The molecule has 0 radical (unpaired) electrons. The molecule has 0 bridgehead atoms. The van der Waals surface area contributed by atoms with Crippen LogP contribution >= 0.6 is 34.8 Å². The molecular weight excluding hydrogens is 312 g/mol. The van der Waals surface area contributed by atoms with Crippen molar-refractivity contribution in [1.82, 2.24) is 0 Å². The number of benzene rings is 1. The average molecular weight is 323 g/mol. The molecule has 1 aromatic rings. The van der Waals surface area contributed by atoms with Crippen LogP contribution in [0.1, 0.15) is 0 Å². The van der Waals surface area contributed by atoms with Gasteiger partial charge in [-0.2, -0.15) is 0 Å². The predicted molar refractivity (Wildman–Crippen MR) is 75.2 cm³/mol. The number of ether oxygens (including phenoxy) is 2. The van der Waals surface area contributed by atoms with Gasteiger partial charge in [0.2, 0.25) is 10.0 Å². The minimum Gasteiger partial charge on any atom is -0.464 e. The van der Waals surface area contributed by atoms with Crippen LogP contribution in [0.25, 0.3) is 0 Å². The van der Waals surface area contributed by atoms with Crippen LogP contribution in [-0.4, -0.2) is 22.7 Å². The number of fused-ring (bicyclic) bond motifs is 1. The first kappa shape index (κ1) is 14.3. The largest absolute Gasteiger partial charge is 0.464 e. The van der Waals surface area contributed by atoms with Crippen molar-refractivity contribution < 1.29 is 14.3 Å². The zero-order chi connectivity index (χ0) is 14.0. The van der Waals surface area contributed by atoms with E-state index in [1.807, 2.05) is 0 Å². The van der Waals surface area contributed by atoms with E-state index >= 15 is 0 Å². The summed E-state index contributed by atoms with van der Waals surface area (Å²) in [6.45, 7) is 3.27. The Hall–Kier alpha value is -1.10. The lowest BCUT2D eigenvalue weighted by atomic mass is 10.3. The van der Waals surface area contributed by atoms with Gasteiger partial charge in [-0.15, -0.1) is 0 Å². The van der Waals surface area contributed by atoms with E-state index in [0.717, 1.165) is 0 Å². The standard InChI is InChI=1S/C12H10Cl3NO3/c1-2-10-16(11(17)18-7-12(13,14)15)8-5-3-4-6-9(8)19-10/h2-6,10H,1,7H2. The minimum atomic E-state index is -1.65. The third-order valence-electron chi connectivity index (χ3n) is 2.38. The summed E-state index contributed by atoms with van der Waals surface area (Å²) in [5.41, 5.74) is 0.585. The van der Waals surface area contributed by atoms with Crippen LogP contribution in [0, 0.1) is 0 Å². The second-order valence-corrected chi connectivity index (χ2v) is 6.27. The molecule has 0 aromatic heterocycles. The van der Waals surface area contributed by atoms with E-state index in [-0.39, 0.29) is 6.61 Å². The van der Waals surface area contributed by atoms with E-state index in [4.69, 9.17) is 44.3 Å². The molecule has 1 atom stereocenters. The minimum absolute atomic E-state index is 0.348. The third kappa shape index (κ3) is 3.26. The Morgan fingerprint density at radius 3 is 2.79 bits per heavy atom. The molecule has 0 saturated heterocycles. The molecular formula is C12H10Cl3NO3. The van der Waals surface area contributed by atoms with Crippen molar-refractivity contribution in [1.29, 1.82) is 0 Å². The highest BCUT2D eigenvalue weighted by Gasteiger charge is 2.35. The van der Waals surface area contributed by atoms with Crippen molar-refractivity contribution in [3.05, 3.63) is 36.9 Å². The number of carbonyl (C=O) groups is 1. The molecule has 0 fully saturated rings. The average Bonchev–Trinajstić information content (AvgIpc) is 2.73. The van der Waals surface area contributed by atoms with E-state index in [9.17, 15) is 4.79 Å². The van der Waals surface area contributed by atoms with E-state index in [1.165, 1.54) is 11.0 Å². The fraction of sp³-hybridized carbons (Fsp3) is 0.250. The lowest BCUT2D eigenvalue weighted by Crippen LogP contribution is -2.39. The molecule has 0 spiro atoms. The maximum absolute atomic E-state index is 12.0. The van der Waals surface area contributed by atoms with Gasteiger partial charge in [0.1, 0.15) is 12.4 Å². The Morgan fingerprint density at radius 1 is 1.47 bits per heavy atom. The summed E-state index contributed by atoms with van der Waals surface area (Å²) >= 11 is 16.6. The number of hydrogen-bond donors (Lipinski definition) is 0. The first-order valence-corrected chi connectivity index (χ1v) is 6.47. The number of nitrogens with zero attached hydrogens (tertiary/aromatic N) is 1. The van der Waals surface area contributed by atoms with Crippen LogP contribution in [-0.2, 0) is 4.74 Å². The van der Waals surface area contributed by atoms with Gasteiger partial charge in [0.15, 0.2) is 0 Å². The Bertz CT molecular complexity index is 501. The number of hydrogen-bond acceptors (Lipinski definition) is 3. The van der Waals surface area contributed by atoms with Crippen molar-refractivity contribution >= 4 is 46.6 Å². The van der Waals surface area contributed by atoms with Gasteiger partial charge in [0.05, 0.1) is 5.69 Å². The number of anilines is 1. The Morgan fingerprint density at radius 2 is 2.16 bits per heavy atom. The summed E-state index contributed by atoms with van der Waals surface area (Å²) in [6.07, 6.45) is 0.179. The second-order valence-electron chi connectivity index (χ2n) is 3.75. The number of rotatable bonds is 2. The summed E-state index contributed by atoms with van der Waals surface area (Å²) < 4.78 is 8.82. The van der Waals surface area contributed by atoms with Crippen LogP contribution in [0.3, 0.4) is 0 Å². The Kier molecular flexibility index (Phi) is 4.13. The van der Waals surface area contributed by atoms with Gasteiger partial charge >= 0.3 is 6.09 Å². The monoisotopic (exact) mass is 321 g/mol. The molecule has 19 heavy (non-hydrogen) atoms. The molecule has 2 rings (SSSR count). The van der Waals surface area contributed by atoms with E-state index in [2.05, 4.69) is 6.58 Å². The van der Waals surface area contributed by atoms with Gasteiger partial charge in [-0.1, -0.05) is 53.5 Å². The van der Waals surface area contributed by atoms with E-state index in [1.54, 1.807) is 24.3 Å². The molecule has 1 aromatic carbocycles. The predicted octanol–water partition coefficient (Wildman–Crippen LogP) is 3.90. The number of para-hydroxylation sites is 2. The SMILES string of the molecule is C=CC1Oc2ccccc2N1C(=O)OCC(Cl)(Cl)Cl. The maximum atomic E-state index is 12.0. The van der Waals surface area contributed by atoms with Crippen LogP contribution in [0.5, 0.6) is 5.75 Å². The molecule has 0 N–H and O–H groups in total. The van der Waals surface area contributed by atoms with Gasteiger partial charge < -0.3 is 9.47 Å². The Balaban J connectivity index is 2.17. The normalized spacial score (nSPS) is 17.6. The van der Waals surface area contributed by atoms with Crippen molar-refractivity contribution in [2.24, 2.45) is 0 Å². The lowest BCUT2D eigenvalue weighted by molar-refractivity contribution is 0.146. The van der Waals surface area contributed by atoms with Gasteiger partial charge in [-0.3, -0.25) is 0 Å². The van der Waals surface area contributed by atoms with Gasteiger partial charge in [-0.05, 0) is 18.2 Å². The number of alkyl halides is 3. The van der Waals surface area contributed by atoms with Crippen molar-refractivity contribution in [2.45, 2.75) is 10.0 Å². The van der Waals surface area contributed by atoms with Gasteiger partial charge in [-0.25, -0.2) is 9.69 Å². The summed E-state index contributed by atoms with van der Waals surface area (Å²) in [5, 5.41) is 0. The molecule has 1 unspecified atom stereocenters. The van der Waals surface area contributed by atoms with Crippen LogP contribution in [0.15, 0.2) is 36.9 Å². The number of carbonyl (C=O) groups excluding carboxylic acids is 1. The zero-order valence-corrected chi connectivity index (χ0v) is 12.0. The molecule has 0 aliphatic carbocycles. The van der Waals surface area contributed by atoms with Crippen LogP contribution in [0.4, 0.5) is 10.5 Å². The molecule has 4 nitrogen and oxygen atoms in total. The smallest absolute Gasteiger partial charge is 0.417 e. The highest BCUT2D eigenvalue weighted by Crippen LogP contribution is 2.37. The second kappa shape index (κ2) is 5.49. The Labute approximate surface area is 125 Å². The molecule has 0 saturated carbocycles. The zero-order valence-electron chi connectivity index (χ0n) is 9.68. The number of halogens is 3. The topological polar surface area (TPSA) is 38.8 Å². The van der Waals surface area contributed by atoms with Gasteiger partial charge in [0.25, 0.3) is 0 Å². The molecule has 7 heteroatoms. The molecule has 1 amide bonds. The van der Waals surface area contributed by atoms with Gasteiger partial charge in [0, 0.05) is 0 Å². The quantitative estimate of drug-likeness (QED) is 0.612. The summed E-state index contributed by atoms with van der Waals surface area (Å²) in [7, 11) is 0. The summed E-state index contributed by atoms with van der Waals surface area (Å²) in [6, 6.07) is 7.06. The summed E-state index contributed by atoms with van der Waals surface area (Å²) in [5.74, 6) is 0.568. The lowest BCUT2D eigenvalue weighted by Gasteiger charge is -2.21. The highest BCUT2D eigenvalue weighted by molar-refractivity contribution is 6.67. The van der Waals surface area contributed by atoms with Crippen molar-refractivity contribution in [3.8, 4) is 5.75 Å². The molecule has 102 valence electrons. The molecule has 1 aliphatic rings. The maximum Gasteiger partial charge on any atom is 0.417 e. The first-order chi connectivity index (χ1) is 8.92. The number of amides is 1. The fourth-order valence-corrected chi connectivity index (χ4v) is 1.81.